The van der Waals surface area contributed by atoms with Crippen LogP contribution in [0, 0.1) is 6.92 Å². The standard InChI is InChI=1S/C17H15N3O3S/c1-11-15(17(22)23)9-19-20(11)14-4-2-13(3-5-14)16(21)18-8-12-6-7-24-10-12/h2-7,9-10H,8H2,1H3,(H,18,21)(H,22,23). The molecule has 7 heteroatoms. The maximum atomic E-state index is 12.1. The number of nitrogens with one attached hydrogen (secondary N) is 1. The predicted octanol–water partition coefficient (Wildman–Crippen LogP) is 2.87. The molecule has 0 unspecified atom stereocenters. The summed E-state index contributed by atoms with van der Waals surface area (Å²) in [6.07, 6.45) is 1.32. The number of thiophene rings is 1. The summed E-state index contributed by atoms with van der Waals surface area (Å²) in [6.45, 7) is 2.18. The second-order valence-corrected chi connectivity index (χ2v) is 6.00. The van der Waals surface area contributed by atoms with Crippen LogP contribution in [0.3, 0.4) is 0 Å². The van der Waals surface area contributed by atoms with Crippen LogP contribution in [0.4, 0.5) is 0 Å². The third-order valence-electron chi connectivity index (χ3n) is 3.65. The van der Waals surface area contributed by atoms with Gasteiger partial charge in [0.05, 0.1) is 17.6 Å². The maximum Gasteiger partial charge on any atom is 0.339 e. The number of hydrogen-bond donors (Lipinski definition) is 2. The van der Waals surface area contributed by atoms with Crippen molar-refractivity contribution in [2.45, 2.75) is 13.5 Å². The lowest BCUT2D eigenvalue weighted by atomic mass is 10.2. The summed E-state index contributed by atoms with van der Waals surface area (Å²) in [4.78, 5) is 23.2. The van der Waals surface area contributed by atoms with E-state index in [2.05, 4.69) is 10.4 Å². The van der Waals surface area contributed by atoms with Crippen molar-refractivity contribution in [2.24, 2.45) is 0 Å². The minimum Gasteiger partial charge on any atom is -0.478 e. The van der Waals surface area contributed by atoms with E-state index in [1.165, 1.54) is 10.9 Å². The lowest BCUT2D eigenvalue weighted by Gasteiger charge is -2.07. The zero-order chi connectivity index (χ0) is 17.1. The first-order chi connectivity index (χ1) is 11.6. The molecule has 0 radical (unpaired) electrons. The fraction of sp³-hybridized carbons (Fsp3) is 0.118. The monoisotopic (exact) mass is 341 g/mol. The molecule has 0 spiro atoms. The average molecular weight is 341 g/mol. The molecule has 0 aliphatic rings. The molecule has 0 atom stereocenters. The molecule has 0 saturated carbocycles. The summed E-state index contributed by atoms with van der Waals surface area (Å²) in [6, 6.07) is 8.84. The van der Waals surface area contributed by atoms with E-state index in [-0.39, 0.29) is 11.5 Å². The molecule has 0 aliphatic heterocycles. The van der Waals surface area contributed by atoms with Crippen molar-refractivity contribution in [1.82, 2.24) is 15.1 Å². The lowest BCUT2D eigenvalue weighted by Crippen LogP contribution is -2.22. The third-order valence-corrected chi connectivity index (χ3v) is 4.38. The van der Waals surface area contributed by atoms with Gasteiger partial charge < -0.3 is 10.4 Å². The van der Waals surface area contributed by atoms with Crippen LogP contribution < -0.4 is 5.32 Å². The van der Waals surface area contributed by atoms with Crippen molar-refractivity contribution in [2.75, 3.05) is 0 Å². The second-order valence-electron chi connectivity index (χ2n) is 5.22. The number of aromatic nitrogens is 2. The first-order valence-electron chi connectivity index (χ1n) is 7.24. The van der Waals surface area contributed by atoms with Gasteiger partial charge in [-0.2, -0.15) is 16.4 Å². The minimum atomic E-state index is -1.01. The first kappa shape index (κ1) is 15.9. The molecule has 0 fully saturated rings. The average Bonchev–Trinajstić information content (AvgIpc) is 3.22. The van der Waals surface area contributed by atoms with E-state index in [1.807, 2.05) is 16.8 Å². The maximum absolute atomic E-state index is 12.1. The Kier molecular flexibility index (Phi) is 4.43. The van der Waals surface area contributed by atoms with Crippen molar-refractivity contribution >= 4 is 23.2 Å². The minimum absolute atomic E-state index is 0.156. The van der Waals surface area contributed by atoms with Gasteiger partial charge in [0.25, 0.3) is 5.91 Å². The van der Waals surface area contributed by atoms with Gasteiger partial charge in [-0.05, 0) is 53.6 Å². The Balaban J connectivity index is 1.73. The molecule has 2 aromatic heterocycles. The van der Waals surface area contributed by atoms with E-state index in [0.717, 1.165) is 5.56 Å². The van der Waals surface area contributed by atoms with Crippen LogP contribution in [0.25, 0.3) is 5.69 Å². The number of hydrogen-bond acceptors (Lipinski definition) is 4. The number of carbonyl (C=O) groups excluding carboxylic acids is 1. The normalized spacial score (nSPS) is 10.5. The third kappa shape index (κ3) is 3.21. The molecule has 2 heterocycles. The molecular formula is C17H15N3O3S. The molecule has 3 rings (SSSR count). The van der Waals surface area contributed by atoms with Gasteiger partial charge >= 0.3 is 5.97 Å². The fourth-order valence-electron chi connectivity index (χ4n) is 2.31. The van der Waals surface area contributed by atoms with E-state index < -0.39 is 5.97 Å². The number of aromatic carboxylic acids is 1. The highest BCUT2D eigenvalue weighted by atomic mass is 32.1. The smallest absolute Gasteiger partial charge is 0.339 e. The lowest BCUT2D eigenvalue weighted by molar-refractivity contribution is 0.0695. The Morgan fingerprint density at radius 3 is 2.58 bits per heavy atom. The molecular weight excluding hydrogens is 326 g/mol. The highest BCUT2D eigenvalue weighted by Gasteiger charge is 2.14. The van der Waals surface area contributed by atoms with Gasteiger partial charge in [-0.15, -0.1) is 0 Å². The van der Waals surface area contributed by atoms with E-state index >= 15 is 0 Å². The largest absolute Gasteiger partial charge is 0.478 e. The number of amides is 1. The summed E-state index contributed by atoms with van der Waals surface area (Å²) in [5, 5.41) is 20.0. The summed E-state index contributed by atoms with van der Waals surface area (Å²) in [5.74, 6) is -1.17. The van der Waals surface area contributed by atoms with Gasteiger partial charge in [0.15, 0.2) is 0 Å². The highest BCUT2D eigenvalue weighted by Crippen LogP contribution is 2.15. The van der Waals surface area contributed by atoms with Crippen LogP contribution in [0.1, 0.15) is 32.0 Å². The van der Waals surface area contributed by atoms with Gasteiger partial charge in [-0.3, -0.25) is 4.79 Å². The zero-order valence-electron chi connectivity index (χ0n) is 12.9. The van der Waals surface area contributed by atoms with Crippen LogP contribution in [-0.2, 0) is 6.54 Å². The fourth-order valence-corrected chi connectivity index (χ4v) is 2.98. The molecule has 0 bridgehead atoms. The van der Waals surface area contributed by atoms with Gasteiger partial charge in [0, 0.05) is 12.1 Å². The number of rotatable bonds is 5. The van der Waals surface area contributed by atoms with Crippen molar-refractivity contribution in [1.29, 1.82) is 0 Å². The van der Waals surface area contributed by atoms with Crippen molar-refractivity contribution in [3.05, 3.63) is 69.7 Å². The molecule has 6 nitrogen and oxygen atoms in total. The summed E-state index contributed by atoms with van der Waals surface area (Å²) in [7, 11) is 0. The molecule has 24 heavy (non-hydrogen) atoms. The Hall–Kier alpha value is -2.93. The van der Waals surface area contributed by atoms with E-state index in [0.29, 0.717) is 23.5 Å². The number of carboxylic acids is 1. The summed E-state index contributed by atoms with van der Waals surface area (Å²) in [5.41, 5.74) is 3.01. The highest BCUT2D eigenvalue weighted by molar-refractivity contribution is 7.07. The Bertz CT molecular complexity index is 867. The number of carboxylic acid groups (broad SMARTS) is 1. The topological polar surface area (TPSA) is 84.2 Å². The Labute approximate surface area is 142 Å². The zero-order valence-corrected chi connectivity index (χ0v) is 13.7. The quantitative estimate of drug-likeness (QED) is 0.747. The van der Waals surface area contributed by atoms with Crippen molar-refractivity contribution < 1.29 is 14.7 Å². The molecule has 122 valence electrons. The van der Waals surface area contributed by atoms with Crippen LogP contribution in [0.2, 0.25) is 0 Å². The second kappa shape index (κ2) is 6.67. The van der Waals surface area contributed by atoms with Gasteiger partial charge in [0.1, 0.15) is 5.56 Å². The summed E-state index contributed by atoms with van der Waals surface area (Å²) >= 11 is 1.59. The van der Waals surface area contributed by atoms with Crippen molar-refractivity contribution in [3.63, 3.8) is 0 Å². The van der Waals surface area contributed by atoms with Crippen LogP contribution in [0.5, 0.6) is 0 Å². The SMILES string of the molecule is Cc1c(C(=O)O)cnn1-c1ccc(C(=O)NCc2ccsc2)cc1. The summed E-state index contributed by atoms with van der Waals surface area (Å²) < 4.78 is 1.54. The van der Waals surface area contributed by atoms with Gasteiger partial charge in [-0.25, -0.2) is 9.48 Å². The molecule has 1 aromatic carbocycles. The van der Waals surface area contributed by atoms with E-state index in [9.17, 15) is 9.59 Å². The Morgan fingerprint density at radius 1 is 1.25 bits per heavy atom. The molecule has 0 saturated heterocycles. The molecule has 2 N–H and O–H groups in total. The van der Waals surface area contributed by atoms with Crippen LogP contribution in [-0.4, -0.2) is 26.8 Å². The van der Waals surface area contributed by atoms with E-state index in [4.69, 9.17) is 5.11 Å². The molecule has 1 amide bonds. The van der Waals surface area contributed by atoms with E-state index in [1.54, 1.807) is 42.5 Å². The Morgan fingerprint density at radius 2 is 2.00 bits per heavy atom. The number of nitrogens with zero attached hydrogens (tertiary/aromatic N) is 2. The number of benzene rings is 1. The number of carbonyl (C=O) groups is 2. The van der Waals surface area contributed by atoms with Crippen molar-refractivity contribution in [3.8, 4) is 5.69 Å². The first-order valence-corrected chi connectivity index (χ1v) is 8.18. The molecule has 0 aliphatic carbocycles. The van der Waals surface area contributed by atoms with Crippen LogP contribution in [0.15, 0.2) is 47.3 Å². The van der Waals surface area contributed by atoms with Crippen LogP contribution >= 0.6 is 11.3 Å². The molecule has 3 aromatic rings. The van der Waals surface area contributed by atoms with Gasteiger partial charge in [0.2, 0.25) is 0 Å². The predicted molar refractivity (Wildman–Crippen MR) is 90.7 cm³/mol. The van der Waals surface area contributed by atoms with Gasteiger partial charge in [-0.1, -0.05) is 0 Å².